The van der Waals surface area contributed by atoms with Gasteiger partial charge in [0.2, 0.25) is 0 Å². The van der Waals surface area contributed by atoms with Crippen LogP contribution < -0.4 is 16.3 Å². The molecule has 2 N–H and O–H groups in total. The van der Waals surface area contributed by atoms with Crippen LogP contribution >= 0.6 is 0 Å². The molecule has 0 aliphatic carbocycles. The molecule has 0 fully saturated rings. The fourth-order valence-corrected chi connectivity index (χ4v) is 2.18. The van der Waals surface area contributed by atoms with Gasteiger partial charge in [0, 0.05) is 30.2 Å². The van der Waals surface area contributed by atoms with Crippen LogP contribution in [0.2, 0.25) is 0 Å². The maximum absolute atomic E-state index is 12.1. The van der Waals surface area contributed by atoms with Crippen LogP contribution in [0.15, 0.2) is 44.5 Å². The van der Waals surface area contributed by atoms with Gasteiger partial charge in [0.15, 0.2) is 5.84 Å². The molecule has 0 atom stereocenters. The lowest BCUT2D eigenvalue weighted by molar-refractivity contribution is -0.110. The Morgan fingerprint density at radius 1 is 1.24 bits per heavy atom. The highest BCUT2D eigenvalue weighted by atomic mass is 16.4. The summed E-state index contributed by atoms with van der Waals surface area (Å²) >= 11 is 0. The molecular weight excluding hydrogens is 270 g/mol. The summed E-state index contributed by atoms with van der Waals surface area (Å²) in [4.78, 5) is 27.5. The fourth-order valence-electron chi connectivity index (χ4n) is 2.18. The Morgan fingerprint density at radius 3 is 3.05 bits per heavy atom. The van der Waals surface area contributed by atoms with Crippen LogP contribution in [0.1, 0.15) is 12.8 Å². The first-order chi connectivity index (χ1) is 10.2. The van der Waals surface area contributed by atoms with Crippen molar-refractivity contribution in [3.05, 3.63) is 40.8 Å². The maximum Gasteiger partial charge on any atom is 0.336 e. The standard InChI is InChI=1S/C15H15N3O3/c19-13-6-3-10-9-11(4-5-12(10)21-13)18-15(20)14-16-7-1-2-8-17-14/h3-6,9H,1-2,7-8H2,(H,16,17)(H,18,20). The fraction of sp³-hybridized carbons (Fsp3) is 0.267. The van der Waals surface area contributed by atoms with Crippen LogP contribution in [0.3, 0.4) is 0 Å². The van der Waals surface area contributed by atoms with E-state index in [0.717, 1.165) is 24.8 Å². The van der Waals surface area contributed by atoms with E-state index < -0.39 is 5.63 Å². The Bertz CT molecular complexity index is 764. The third kappa shape index (κ3) is 3.10. The number of nitrogens with one attached hydrogen (secondary N) is 2. The lowest BCUT2D eigenvalue weighted by atomic mass is 10.2. The molecule has 1 amide bonds. The molecule has 0 unspecified atom stereocenters. The van der Waals surface area contributed by atoms with Gasteiger partial charge in [0.05, 0.1) is 0 Å². The third-order valence-electron chi connectivity index (χ3n) is 3.24. The molecule has 0 saturated carbocycles. The zero-order valence-corrected chi connectivity index (χ0v) is 11.4. The average molecular weight is 285 g/mol. The van der Waals surface area contributed by atoms with Crippen molar-refractivity contribution in [2.24, 2.45) is 4.99 Å². The van der Waals surface area contributed by atoms with Gasteiger partial charge in [-0.25, -0.2) is 4.79 Å². The van der Waals surface area contributed by atoms with Crippen molar-refractivity contribution in [2.45, 2.75) is 12.8 Å². The lowest BCUT2D eigenvalue weighted by Gasteiger charge is -2.08. The number of amidine groups is 1. The molecule has 1 aromatic carbocycles. The van der Waals surface area contributed by atoms with Gasteiger partial charge < -0.3 is 15.1 Å². The monoisotopic (exact) mass is 285 g/mol. The molecule has 0 bridgehead atoms. The van der Waals surface area contributed by atoms with Crippen LogP contribution in [0.25, 0.3) is 11.0 Å². The Hall–Kier alpha value is -2.63. The predicted octanol–water partition coefficient (Wildman–Crippen LogP) is 1.51. The van der Waals surface area contributed by atoms with Gasteiger partial charge in [0.1, 0.15) is 5.58 Å². The van der Waals surface area contributed by atoms with Gasteiger partial charge >= 0.3 is 5.63 Å². The normalized spacial score (nSPS) is 15.0. The van der Waals surface area contributed by atoms with Gasteiger partial charge in [0.25, 0.3) is 5.91 Å². The van der Waals surface area contributed by atoms with Crippen molar-refractivity contribution >= 4 is 28.4 Å². The number of amides is 1. The second-order valence-electron chi connectivity index (χ2n) is 4.83. The van der Waals surface area contributed by atoms with Crippen molar-refractivity contribution in [1.82, 2.24) is 5.32 Å². The highest BCUT2D eigenvalue weighted by Crippen LogP contribution is 2.17. The summed E-state index contributed by atoms with van der Waals surface area (Å²) in [6.07, 6.45) is 1.99. The molecule has 21 heavy (non-hydrogen) atoms. The Morgan fingerprint density at radius 2 is 2.14 bits per heavy atom. The van der Waals surface area contributed by atoms with Crippen LogP contribution in [-0.2, 0) is 4.79 Å². The molecule has 3 rings (SSSR count). The third-order valence-corrected chi connectivity index (χ3v) is 3.24. The molecule has 6 nitrogen and oxygen atoms in total. The number of fused-ring (bicyclic) bond motifs is 1. The number of nitrogens with zero attached hydrogens (tertiary/aromatic N) is 1. The number of benzene rings is 1. The molecule has 1 aromatic heterocycles. The van der Waals surface area contributed by atoms with E-state index in [1.54, 1.807) is 24.3 Å². The molecule has 2 aromatic rings. The number of hydrogen-bond acceptors (Lipinski definition) is 5. The molecular formula is C15H15N3O3. The summed E-state index contributed by atoms with van der Waals surface area (Å²) in [5.74, 6) is 0.112. The zero-order chi connectivity index (χ0) is 14.7. The van der Waals surface area contributed by atoms with Crippen LogP contribution in [0.4, 0.5) is 5.69 Å². The minimum Gasteiger partial charge on any atom is -0.423 e. The molecule has 0 radical (unpaired) electrons. The quantitative estimate of drug-likeness (QED) is 0.819. The minimum absolute atomic E-state index is 0.256. The number of rotatable bonds is 2. The van der Waals surface area contributed by atoms with Crippen LogP contribution in [0, 0.1) is 0 Å². The largest absolute Gasteiger partial charge is 0.423 e. The molecule has 0 spiro atoms. The number of hydrogen-bond donors (Lipinski definition) is 2. The van der Waals surface area contributed by atoms with Crippen molar-refractivity contribution < 1.29 is 9.21 Å². The first-order valence-electron chi connectivity index (χ1n) is 6.86. The summed E-state index contributed by atoms with van der Waals surface area (Å²) in [6, 6.07) is 8.13. The van der Waals surface area contributed by atoms with Crippen molar-refractivity contribution in [2.75, 3.05) is 18.4 Å². The van der Waals surface area contributed by atoms with E-state index in [2.05, 4.69) is 15.6 Å². The van der Waals surface area contributed by atoms with Crippen molar-refractivity contribution in [1.29, 1.82) is 0 Å². The summed E-state index contributed by atoms with van der Waals surface area (Å²) in [5.41, 5.74) is 0.733. The van der Waals surface area contributed by atoms with Crippen molar-refractivity contribution in [3.63, 3.8) is 0 Å². The van der Waals surface area contributed by atoms with E-state index >= 15 is 0 Å². The molecule has 108 valence electrons. The number of aliphatic imine (C=N–C) groups is 1. The van der Waals surface area contributed by atoms with E-state index in [9.17, 15) is 9.59 Å². The smallest absolute Gasteiger partial charge is 0.336 e. The van der Waals surface area contributed by atoms with E-state index in [-0.39, 0.29) is 5.91 Å². The number of carbonyl (C=O) groups excluding carboxylic acids is 1. The predicted molar refractivity (Wildman–Crippen MR) is 80.7 cm³/mol. The highest BCUT2D eigenvalue weighted by molar-refractivity contribution is 6.42. The first kappa shape index (κ1) is 13.4. The van der Waals surface area contributed by atoms with Gasteiger partial charge in [-0.3, -0.25) is 9.79 Å². The first-order valence-corrected chi connectivity index (χ1v) is 6.86. The summed E-state index contributed by atoms with van der Waals surface area (Å²) in [6.45, 7) is 1.42. The molecule has 1 aliphatic heterocycles. The second-order valence-corrected chi connectivity index (χ2v) is 4.83. The second kappa shape index (κ2) is 5.78. The Balaban J connectivity index is 1.81. The lowest BCUT2D eigenvalue weighted by Crippen LogP contribution is -2.35. The molecule has 1 aliphatic rings. The molecule has 6 heteroatoms. The summed E-state index contributed by atoms with van der Waals surface area (Å²) in [5, 5.41) is 6.57. The maximum atomic E-state index is 12.1. The highest BCUT2D eigenvalue weighted by Gasteiger charge is 2.13. The van der Waals surface area contributed by atoms with Crippen molar-refractivity contribution in [3.8, 4) is 0 Å². The van der Waals surface area contributed by atoms with Gasteiger partial charge in [-0.2, -0.15) is 0 Å². The van der Waals surface area contributed by atoms with Gasteiger partial charge in [-0.15, -0.1) is 0 Å². The molecule has 0 saturated heterocycles. The van der Waals surface area contributed by atoms with Gasteiger partial charge in [-0.05, 0) is 37.1 Å². The topological polar surface area (TPSA) is 83.7 Å². The van der Waals surface area contributed by atoms with Crippen LogP contribution in [-0.4, -0.2) is 24.8 Å². The van der Waals surface area contributed by atoms with Gasteiger partial charge in [-0.1, -0.05) is 0 Å². The average Bonchev–Trinajstić information content (AvgIpc) is 2.76. The SMILES string of the molecule is O=C(Nc1ccc2oc(=O)ccc2c1)C1=NCCCCN1. The van der Waals surface area contributed by atoms with E-state index in [0.29, 0.717) is 23.7 Å². The number of carbonyl (C=O) groups is 1. The Kier molecular flexibility index (Phi) is 3.68. The van der Waals surface area contributed by atoms with E-state index in [1.165, 1.54) is 6.07 Å². The van der Waals surface area contributed by atoms with E-state index in [4.69, 9.17) is 4.42 Å². The Labute approximate surface area is 120 Å². The number of anilines is 1. The minimum atomic E-state index is -0.392. The van der Waals surface area contributed by atoms with E-state index in [1.807, 2.05) is 0 Å². The molecule has 2 heterocycles. The van der Waals surface area contributed by atoms with Crippen LogP contribution in [0.5, 0.6) is 0 Å². The zero-order valence-electron chi connectivity index (χ0n) is 11.4. The summed E-state index contributed by atoms with van der Waals surface area (Å²) in [7, 11) is 0. The summed E-state index contributed by atoms with van der Waals surface area (Å²) < 4.78 is 5.05.